The van der Waals surface area contributed by atoms with E-state index in [4.69, 9.17) is 13.9 Å². The number of fused-ring (bicyclic) bond motifs is 1. The van der Waals surface area contributed by atoms with E-state index in [-0.39, 0.29) is 23.9 Å². The van der Waals surface area contributed by atoms with E-state index in [9.17, 15) is 9.18 Å². The molecule has 1 aliphatic rings. The lowest BCUT2D eigenvalue weighted by Gasteiger charge is -2.37. The Bertz CT molecular complexity index is 1080. The Morgan fingerprint density at radius 3 is 2.57 bits per heavy atom. The Morgan fingerprint density at radius 1 is 1.17 bits per heavy atom. The van der Waals surface area contributed by atoms with Crippen molar-refractivity contribution in [3.63, 3.8) is 0 Å². The maximum atomic E-state index is 14.8. The van der Waals surface area contributed by atoms with Crippen LogP contribution in [0.4, 0.5) is 15.8 Å². The zero-order valence-electron chi connectivity index (χ0n) is 17.5. The summed E-state index contributed by atoms with van der Waals surface area (Å²) < 4.78 is 31.5. The van der Waals surface area contributed by atoms with Gasteiger partial charge in [-0.1, -0.05) is 0 Å². The van der Waals surface area contributed by atoms with Crippen LogP contribution in [0, 0.1) is 12.7 Å². The molecule has 4 rings (SSSR count). The Hall–Kier alpha value is -3.06. The molecule has 0 aliphatic carbocycles. The van der Waals surface area contributed by atoms with Crippen molar-refractivity contribution in [2.45, 2.75) is 33.0 Å². The molecule has 158 valence electrons. The third-order valence-electron chi connectivity index (χ3n) is 5.26. The number of anilines is 2. The van der Waals surface area contributed by atoms with Crippen LogP contribution in [-0.4, -0.2) is 38.3 Å². The van der Waals surface area contributed by atoms with Crippen LogP contribution in [-0.2, 0) is 4.74 Å². The number of nitrogens with zero attached hydrogens (tertiary/aromatic N) is 1. The molecule has 6 nitrogen and oxygen atoms in total. The summed E-state index contributed by atoms with van der Waals surface area (Å²) >= 11 is 0. The molecular formula is C23H25FN2O4. The molecule has 0 spiro atoms. The normalized spacial score (nSPS) is 19.2. The van der Waals surface area contributed by atoms with Gasteiger partial charge in [-0.3, -0.25) is 4.79 Å². The number of nitrogens with one attached hydrogen (secondary N) is 1. The average molecular weight is 412 g/mol. The van der Waals surface area contributed by atoms with Gasteiger partial charge in [0.05, 0.1) is 30.6 Å². The Kier molecular flexibility index (Phi) is 5.39. The van der Waals surface area contributed by atoms with E-state index in [2.05, 4.69) is 5.32 Å². The number of furan rings is 1. The number of hydrogen-bond donors (Lipinski definition) is 1. The summed E-state index contributed by atoms with van der Waals surface area (Å²) in [5.74, 6) is 0.371. The lowest BCUT2D eigenvalue weighted by molar-refractivity contribution is -0.00539. The second-order valence-corrected chi connectivity index (χ2v) is 7.68. The lowest BCUT2D eigenvalue weighted by Crippen LogP contribution is -2.45. The summed E-state index contributed by atoms with van der Waals surface area (Å²) in [5, 5.41) is 3.43. The zero-order valence-corrected chi connectivity index (χ0v) is 17.5. The number of carbonyl (C=O) groups is 1. The van der Waals surface area contributed by atoms with Crippen molar-refractivity contribution in [1.29, 1.82) is 0 Å². The number of halogens is 1. The van der Waals surface area contributed by atoms with E-state index in [0.29, 0.717) is 52.5 Å². The summed E-state index contributed by atoms with van der Waals surface area (Å²) in [7, 11) is 1.56. The van der Waals surface area contributed by atoms with E-state index in [1.165, 1.54) is 6.07 Å². The highest BCUT2D eigenvalue weighted by Gasteiger charge is 2.25. The third kappa shape index (κ3) is 3.85. The third-order valence-corrected chi connectivity index (χ3v) is 5.26. The molecule has 2 heterocycles. The number of ether oxygens (including phenoxy) is 2. The SMILES string of the molecule is COc1ccc2oc(C)c(C(=O)Nc3ccc(N4CC(C)OC(C)C4)c(F)c3)c2c1. The summed E-state index contributed by atoms with van der Waals surface area (Å²) in [6.07, 6.45) is 0.0590. The lowest BCUT2D eigenvalue weighted by atomic mass is 10.1. The molecule has 7 heteroatoms. The van der Waals surface area contributed by atoms with Gasteiger partial charge in [-0.15, -0.1) is 0 Å². The highest BCUT2D eigenvalue weighted by atomic mass is 19.1. The van der Waals surface area contributed by atoms with Crippen LogP contribution >= 0.6 is 0 Å². The van der Waals surface area contributed by atoms with Crippen molar-refractivity contribution >= 4 is 28.3 Å². The van der Waals surface area contributed by atoms with Crippen LogP contribution in [0.1, 0.15) is 30.0 Å². The molecule has 0 saturated carbocycles. The topological polar surface area (TPSA) is 63.9 Å². The van der Waals surface area contributed by atoms with Crippen molar-refractivity contribution in [3.8, 4) is 5.75 Å². The van der Waals surface area contributed by atoms with Gasteiger partial charge in [-0.2, -0.15) is 0 Å². The molecule has 2 aromatic carbocycles. The molecule has 2 atom stereocenters. The second kappa shape index (κ2) is 7.99. The molecule has 1 aliphatic heterocycles. The number of aryl methyl sites for hydroxylation is 1. The van der Waals surface area contributed by atoms with Crippen molar-refractivity contribution < 1.29 is 23.1 Å². The minimum atomic E-state index is -0.385. The molecule has 2 unspecified atom stereocenters. The van der Waals surface area contributed by atoms with Crippen LogP contribution in [0.2, 0.25) is 0 Å². The fourth-order valence-electron chi connectivity index (χ4n) is 4.02. The first-order valence-corrected chi connectivity index (χ1v) is 9.94. The summed E-state index contributed by atoms with van der Waals surface area (Å²) in [6.45, 7) is 6.92. The number of methoxy groups -OCH3 is 1. The fourth-order valence-corrected chi connectivity index (χ4v) is 4.02. The van der Waals surface area contributed by atoms with Crippen molar-refractivity contribution in [2.75, 3.05) is 30.4 Å². The van der Waals surface area contributed by atoms with Gasteiger partial charge in [0.15, 0.2) is 0 Å². The van der Waals surface area contributed by atoms with E-state index in [1.54, 1.807) is 44.4 Å². The smallest absolute Gasteiger partial charge is 0.259 e. The number of amides is 1. The molecule has 3 aromatic rings. The standard InChI is InChI=1S/C23H25FN2O4/c1-13-11-26(12-14(2)29-13)20-7-5-16(9-19(20)24)25-23(27)22-15(3)30-21-8-6-17(28-4)10-18(21)22/h5-10,13-14H,11-12H2,1-4H3,(H,25,27). The Balaban J connectivity index is 1.58. The van der Waals surface area contributed by atoms with E-state index < -0.39 is 0 Å². The van der Waals surface area contributed by atoms with E-state index in [1.807, 2.05) is 18.7 Å². The molecule has 1 aromatic heterocycles. The first-order valence-electron chi connectivity index (χ1n) is 9.94. The van der Waals surface area contributed by atoms with Crippen LogP contribution < -0.4 is 15.0 Å². The fraction of sp³-hybridized carbons (Fsp3) is 0.348. The molecule has 1 fully saturated rings. The molecular weight excluding hydrogens is 387 g/mol. The van der Waals surface area contributed by atoms with Crippen molar-refractivity contribution in [2.24, 2.45) is 0 Å². The average Bonchev–Trinajstić information content (AvgIpc) is 3.02. The zero-order chi connectivity index (χ0) is 21.4. The van der Waals surface area contributed by atoms with Gasteiger partial charge in [0.2, 0.25) is 0 Å². The molecule has 1 saturated heterocycles. The Morgan fingerprint density at radius 2 is 1.90 bits per heavy atom. The summed E-state index contributed by atoms with van der Waals surface area (Å²) in [6, 6.07) is 10.0. The Labute approximate surface area is 174 Å². The first kappa shape index (κ1) is 20.2. The van der Waals surface area contributed by atoms with Crippen LogP contribution in [0.3, 0.4) is 0 Å². The predicted octanol–water partition coefficient (Wildman–Crippen LogP) is 4.75. The molecule has 1 amide bonds. The minimum absolute atomic E-state index is 0.0295. The minimum Gasteiger partial charge on any atom is -0.497 e. The van der Waals surface area contributed by atoms with Gasteiger partial charge >= 0.3 is 0 Å². The molecule has 0 radical (unpaired) electrons. The summed E-state index contributed by atoms with van der Waals surface area (Å²) in [5.41, 5.74) is 1.89. The number of benzene rings is 2. The van der Waals surface area contributed by atoms with Gasteiger partial charge in [0.25, 0.3) is 5.91 Å². The number of carbonyl (C=O) groups excluding carboxylic acids is 1. The van der Waals surface area contributed by atoms with E-state index in [0.717, 1.165) is 0 Å². The van der Waals surface area contributed by atoms with E-state index >= 15 is 0 Å². The van der Waals surface area contributed by atoms with Gasteiger partial charge in [-0.25, -0.2) is 4.39 Å². The van der Waals surface area contributed by atoms with Gasteiger partial charge in [0.1, 0.15) is 22.9 Å². The summed E-state index contributed by atoms with van der Waals surface area (Å²) in [4.78, 5) is 14.9. The molecule has 1 N–H and O–H groups in total. The highest BCUT2D eigenvalue weighted by molar-refractivity contribution is 6.13. The highest BCUT2D eigenvalue weighted by Crippen LogP contribution is 2.31. The maximum Gasteiger partial charge on any atom is 0.259 e. The van der Waals surface area contributed by atoms with Crippen LogP contribution in [0.15, 0.2) is 40.8 Å². The van der Waals surface area contributed by atoms with Gasteiger partial charge in [-0.05, 0) is 57.2 Å². The number of rotatable bonds is 4. The number of hydrogen-bond acceptors (Lipinski definition) is 5. The van der Waals surface area contributed by atoms with Crippen molar-refractivity contribution in [3.05, 3.63) is 53.5 Å². The first-order chi connectivity index (χ1) is 14.4. The second-order valence-electron chi connectivity index (χ2n) is 7.68. The van der Waals surface area contributed by atoms with Crippen molar-refractivity contribution in [1.82, 2.24) is 0 Å². The molecule has 30 heavy (non-hydrogen) atoms. The van der Waals surface area contributed by atoms with Crippen LogP contribution in [0.25, 0.3) is 11.0 Å². The molecule has 0 bridgehead atoms. The van der Waals surface area contributed by atoms with Gasteiger partial charge < -0.3 is 24.1 Å². The largest absolute Gasteiger partial charge is 0.497 e. The van der Waals surface area contributed by atoms with Gasteiger partial charge in [0, 0.05) is 24.2 Å². The monoisotopic (exact) mass is 412 g/mol. The quantitative estimate of drug-likeness (QED) is 0.670. The predicted molar refractivity (Wildman–Crippen MR) is 114 cm³/mol. The van der Waals surface area contributed by atoms with Crippen LogP contribution in [0.5, 0.6) is 5.75 Å². The maximum absolute atomic E-state index is 14.8. The number of morpholine rings is 1.